The van der Waals surface area contributed by atoms with E-state index in [-0.39, 0.29) is 5.56 Å². The fourth-order valence-electron chi connectivity index (χ4n) is 3.19. The summed E-state index contributed by atoms with van der Waals surface area (Å²) in [5.41, 5.74) is 3.73. The third kappa shape index (κ3) is 5.65. The molecular weight excluding hydrogens is 430 g/mol. The van der Waals surface area contributed by atoms with Crippen LogP contribution in [-0.4, -0.2) is 24.8 Å². The molecule has 0 aliphatic heterocycles. The predicted octanol–water partition coefficient (Wildman–Crippen LogP) is 5.95. The number of anilines is 1. The van der Waals surface area contributed by atoms with Crippen LogP contribution in [0, 0.1) is 6.92 Å². The topological polar surface area (TPSA) is 77.0 Å². The highest BCUT2D eigenvalue weighted by Gasteiger charge is 2.14. The van der Waals surface area contributed by atoms with E-state index < -0.39 is 5.97 Å². The maximum Gasteiger partial charge on any atom is 0.335 e. The van der Waals surface area contributed by atoms with E-state index >= 15 is 0 Å². The molecule has 0 unspecified atom stereocenters. The van der Waals surface area contributed by atoms with Crippen LogP contribution in [0.1, 0.15) is 34.0 Å². The van der Waals surface area contributed by atoms with E-state index in [0.717, 1.165) is 16.7 Å². The zero-order valence-electron chi connectivity index (χ0n) is 18.3. The first-order valence-corrected chi connectivity index (χ1v) is 10.6. The van der Waals surface area contributed by atoms with Crippen LogP contribution < -0.4 is 19.5 Å². The quantitative estimate of drug-likeness (QED) is 0.393. The van der Waals surface area contributed by atoms with Gasteiger partial charge in [0.2, 0.25) is 0 Å². The lowest BCUT2D eigenvalue weighted by atomic mass is 10.1. The Hall–Kier alpha value is -3.38. The van der Waals surface area contributed by atoms with Crippen molar-refractivity contribution >= 4 is 23.3 Å². The molecule has 0 aliphatic rings. The first kappa shape index (κ1) is 23.3. The number of halogens is 1. The monoisotopic (exact) mass is 455 g/mol. The standard InChI is InChI=1S/C25H26ClNO5/c1-4-31-23-12-19(14-27-21-11-17(25(28)29)9-10-22(21)30-3)20(26)13-24(23)32-15-18-8-6-5-7-16(18)2/h5-13,27H,4,14-15H2,1-3H3,(H,28,29). The molecule has 0 heterocycles. The lowest BCUT2D eigenvalue weighted by Gasteiger charge is -2.17. The molecule has 0 aromatic heterocycles. The van der Waals surface area contributed by atoms with Gasteiger partial charge < -0.3 is 24.6 Å². The Bertz CT molecular complexity index is 1100. The SMILES string of the molecule is CCOc1cc(CNc2cc(C(=O)O)ccc2OC)c(Cl)cc1OCc1ccccc1C. The molecule has 6 nitrogen and oxygen atoms in total. The second-order valence-corrected chi connectivity index (χ2v) is 7.52. The zero-order valence-corrected chi connectivity index (χ0v) is 19.0. The Balaban J connectivity index is 1.81. The molecule has 3 rings (SSSR count). The van der Waals surface area contributed by atoms with E-state index in [9.17, 15) is 9.90 Å². The van der Waals surface area contributed by atoms with Crippen LogP contribution in [-0.2, 0) is 13.2 Å². The number of carbonyl (C=O) groups is 1. The van der Waals surface area contributed by atoms with Crippen molar-refractivity contribution in [1.29, 1.82) is 0 Å². The van der Waals surface area contributed by atoms with Gasteiger partial charge >= 0.3 is 5.97 Å². The van der Waals surface area contributed by atoms with Gasteiger partial charge in [0.25, 0.3) is 0 Å². The fraction of sp³-hybridized carbons (Fsp3) is 0.240. The maximum absolute atomic E-state index is 11.3. The van der Waals surface area contributed by atoms with Crippen molar-refractivity contribution in [1.82, 2.24) is 0 Å². The third-order valence-corrected chi connectivity index (χ3v) is 5.32. The first-order valence-electron chi connectivity index (χ1n) is 10.2. The van der Waals surface area contributed by atoms with E-state index in [1.807, 2.05) is 44.2 Å². The molecule has 7 heteroatoms. The number of aromatic carboxylic acids is 1. The van der Waals surface area contributed by atoms with Crippen LogP contribution in [0.4, 0.5) is 5.69 Å². The zero-order chi connectivity index (χ0) is 23.1. The summed E-state index contributed by atoms with van der Waals surface area (Å²) in [4.78, 5) is 11.3. The van der Waals surface area contributed by atoms with Crippen LogP contribution in [0.5, 0.6) is 17.2 Å². The smallest absolute Gasteiger partial charge is 0.335 e. The predicted molar refractivity (Wildman–Crippen MR) is 125 cm³/mol. The molecule has 0 bridgehead atoms. The van der Waals surface area contributed by atoms with Gasteiger partial charge in [0.05, 0.1) is 25.0 Å². The number of carboxylic acid groups (broad SMARTS) is 1. The molecule has 0 spiro atoms. The van der Waals surface area contributed by atoms with Gasteiger partial charge in [-0.1, -0.05) is 35.9 Å². The average molecular weight is 456 g/mol. The molecule has 0 amide bonds. The number of carboxylic acids is 1. The van der Waals surface area contributed by atoms with Crippen molar-refractivity contribution in [2.24, 2.45) is 0 Å². The number of nitrogens with one attached hydrogen (secondary N) is 1. The largest absolute Gasteiger partial charge is 0.495 e. The van der Waals surface area contributed by atoms with Crippen molar-refractivity contribution in [3.63, 3.8) is 0 Å². The van der Waals surface area contributed by atoms with Gasteiger partial charge in [-0.3, -0.25) is 0 Å². The van der Waals surface area contributed by atoms with E-state index in [0.29, 0.717) is 47.7 Å². The van der Waals surface area contributed by atoms with E-state index in [1.165, 1.54) is 19.2 Å². The van der Waals surface area contributed by atoms with Crippen LogP contribution in [0.25, 0.3) is 0 Å². The molecule has 0 saturated heterocycles. The molecule has 2 N–H and O–H groups in total. The Morgan fingerprint density at radius 2 is 1.75 bits per heavy atom. The van der Waals surface area contributed by atoms with Gasteiger partial charge in [-0.2, -0.15) is 0 Å². The third-order valence-electron chi connectivity index (χ3n) is 4.97. The lowest BCUT2D eigenvalue weighted by Crippen LogP contribution is -2.06. The van der Waals surface area contributed by atoms with Gasteiger partial charge in [-0.05, 0) is 54.8 Å². The summed E-state index contributed by atoms with van der Waals surface area (Å²) in [7, 11) is 1.53. The number of aryl methyl sites for hydroxylation is 1. The van der Waals surface area contributed by atoms with Crippen molar-refractivity contribution in [2.45, 2.75) is 27.0 Å². The Kier molecular flexibility index (Phi) is 7.84. The van der Waals surface area contributed by atoms with Crippen LogP contribution >= 0.6 is 11.6 Å². The molecule has 3 aromatic rings. The lowest BCUT2D eigenvalue weighted by molar-refractivity contribution is 0.0697. The molecule has 32 heavy (non-hydrogen) atoms. The highest BCUT2D eigenvalue weighted by atomic mass is 35.5. The number of methoxy groups -OCH3 is 1. The Labute approximate surface area is 192 Å². The number of rotatable bonds is 10. The normalized spacial score (nSPS) is 10.5. The molecule has 3 aromatic carbocycles. The minimum Gasteiger partial charge on any atom is -0.495 e. The summed E-state index contributed by atoms with van der Waals surface area (Å²) in [5.74, 6) is 0.680. The first-order chi connectivity index (χ1) is 15.4. The molecule has 168 valence electrons. The van der Waals surface area contributed by atoms with Crippen molar-refractivity contribution < 1.29 is 24.1 Å². The summed E-state index contributed by atoms with van der Waals surface area (Å²) in [6.45, 7) is 5.16. The molecule has 0 atom stereocenters. The molecule has 0 aliphatic carbocycles. The fourth-order valence-corrected chi connectivity index (χ4v) is 3.41. The maximum atomic E-state index is 11.3. The van der Waals surface area contributed by atoms with E-state index in [4.69, 9.17) is 25.8 Å². The van der Waals surface area contributed by atoms with Crippen molar-refractivity contribution in [3.05, 3.63) is 81.9 Å². The number of ether oxygens (including phenoxy) is 3. The van der Waals surface area contributed by atoms with Gasteiger partial charge in [-0.15, -0.1) is 0 Å². The van der Waals surface area contributed by atoms with E-state index in [1.54, 1.807) is 12.1 Å². The summed E-state index contributed by atoms with van der Waals surface area (Å²) in [6, 6.07) is 16.2. The summed E-state index contributed by atoms with van der Waals surface area (Å²) in [5, 5.41) is 13.0. The summed E-state index contributed by atoms with van der Waals surface area (Å²) < 4.78 is 17.1. The van der Waals surface area contributed by atoms with Crippen molar-refractivity contribution in [2.75, 3.05) is 19.0 Å². The average Bonchev–Trinajstić information content (AvgIpc) is 2.78. The van der Waals surface area contributed by atoms with Crippen LogP contribution in [0.2, 0.25) is 5.02 Å². The van der Waals surface area contributed by atoms with Gasteiger partial charge in [0.15, 0.2) is 11.5 Å². The molecule has 0 saturated carbocycles. The van der Waals surface area contributed by atoms with Gasteiger partial charge in [0, 0.05) is 17.6 Å². The van der Waals surface area contributed by atoms with Crippen LogP contribution in [0.3, 0.4) is 0 Å². The highest BCUT2D eigenvalue weighted by Crippen LogP contribution is 2.35. The second kappa shape index (κ2) is 10.8. The van der Waals surface area contributed by atoms with Crippen LogP contribution in [0.15, 0.2) is 54.6 Å². The minimum absolute atomic E-state index is 0.161. The summed E-state index contributed by atoms with van der Waals surface area (Å²) >= 11 is 6.54. The van der Waals surface area contributed by atoms with E-state index in [2.05, 4.69) is 5.32 Å². The Morgan fingerprint density at radius 3 is 2.44 bits per heavy atom. The molecule has 0 radical (unpaired) electrons. The van der Waals surface area contributed by atoms with Crippen molar-refractivity contribution in [3.8, 4) is 17.2 Å². The highest BCUT2D eigenvalue weighted by molar-refractivity contribution is 6.31. The molecular formula is C25H26ClNO5. The van der Waals surface area contributed by atoms with Gasteiger partial charge in [0.1, 0.15) is 12.4 Å². The number of hydrogen-bond donors (Lipinski definition) is 2. The number of benzene rings is 3. The minimum atomic E-state index is -1.01. The van der Waals surface area contributed by atoms with Gasteiger partial charge in [-0.25, -0.2) is 4.79 Å². The second-order valence-electron chi connectivity index (χ2n) is 7.11. The number of hydrogen-bond acceptors (Lipinski definition) is 5. The Morgan fingerprint density at radius 1 is 1.00 bits per heavy atom. The molecule has 0 fully saturated rings. The summed E-state index contributed by atoms with van der Waals surface area (Å²) in [6.07, 6.45) is 0.